The van der Waals surface area contributed by atoms with Gasteiger partial charge in [0.2, 0.25) is 5.91 Å². The van der Waals surface area contributed by atoms with Crippen molar-refractivity contribution in [1.82, 2.24) is 10.2 Å². The van der Waals surface area contributed by atoms with Crippen molar-refractivity contribution in [1.29, 1.82) is 0 Å². The second kappa shape index (κ2) is 6.83. The van der Waals surface area contributed by atoms with Gasteiger partial charge in [-0.2, -0.15) is 0 Å². The number of thiophene rings is 1. The van der Waals surface area contributed by atoms with Crippen LogP contribution >= 0.6 is 11.3 Å². The fourth-order valence-corrected chi connectivity index (χ4v) is 3.92. The topological polar surface area (TPSA) is 75.4 Å². The van der Waals surface area contributed by atoms with E-state index in [0.717, 1.165) is 12.0 Å². The van der Waals surface area contributed by atoms with Crippen molar-refractivity contribution in [3.05, 3.63) is 57.8 Å². The maximum atomic E-state index is 12.6. The molecule has 1 aliphatic rings. The maximum Gasteiger partial charge on any atom is 0.312 e. The maximum absolute atomic E-state index is 12.6. The molecule has 0 spiro atoms. The van der Waals surface area contributed by atoms with Crippen LogP contribution in [0.2, 0.25) is 0 Å². The normalized spacial score (nSPS) is 16.7. The number of amides is 3. The lowest BCUT2D eigenvalue weighted by Crippen LogP contribution is -2.41. The molecule has 1 aromatic carbocycles. The van der Waals surface area contributed by atoms with E-state index in [1.807, 2.05) is 23.1 Å². The van der Waals surface area contributed by atoms with E-state index < -0.39 is 6.03 Å². The van der Waals surface area contributed by atoms with E-state index in [1.54, 1.807) is 11.3 Å². The molecular weight excluding hydrogens is 310 g/mol. The number of hydrogen-bond donors (Lipinski definition) is 2. The predicted octanol–water partition coefficient (Wildman–Crippen LogP) is 2.28. The highest BCUT2D eigenvalue weighted by Gasteiger charge is 2.32. The van der Waals surface area contributed by atoms with Crippen LogP contribution in [0.4, 0.5) is 4.79 Å². The van der Waals surface area contributed by atoms with Gasteiger partial charge in [-0.25, -0.2) is 4.79 Å². The van der Waals surface area contributed by atoms with Crippen molar-refractivity contribution in [2.45, 2.75) is 18.9 Å². The molecule has 0 unspecified atom stereocenters. The predicted molar refractivity (Wildman–Crippen MR) is 90.2 cm³/mol. The highest BCUT2D eigenvalue weighted by Crippen LogP contribution is 2.37. The number of hydrogen-bond acceptors (Lipinski definition) is 3. The molecule has 2 aromatic rings. The molecule has 1 aliphatic heterocycles. The van der Waals surface area contributed by atoms with Crippen LogP contribution in [0.1, 0.15) is 28.5 Å². The van der Waals surface area contributed by atoms with E-state index in [0.29, 0.717) is 6.54 Å². The minimum absolute atomic E-state index is 0.0319. The second-order valence-electron chi connectivity index (χ2n) is 5.49. The molecule has 5 nitrogen and oxygen atoms in total. The monoisotopic (exact) mass is 329 g/mol. The van der Waals surface area contributed by atoms with E-state index in [4.69, 9.17) is 5.73 Å². The highest BCUT2D eigenvalue weighted by molar-refractivity contribution is 7.10. The first-order valence-corrected chi connectivity index (χ1v) is 8.49. The van der Waals surface area contributed by atoms with Crippen molar-refractivity contribution >= 4 is 23.3 Å². The van der Waals surface area contributed by atoms with Gasteiger partial charge < -0.3 is 16.0 Å². The third-order valence-corrected chi connectivity index (χ3v) is 5.04. The highest BCUT2D eigenvalue weighted by atomic mass is 32.1. The molecule has 0 fully saturated rings. The summed E-state index contributed by atoms with van der Waals surface area (Å²) in [6.45, 7) is 0.963. The summed E-state index contributed by atoms with van der Waals surface area (Å²) in [7, 11) is 0. The minimum Gasteiger partial charge on any atom is -0.352 e. The van der Waals surface area contributed by atoms with Crippen LogP contribution in [0, 0.1) is 0 Å². The molecule has 2 heterocycles. The molecule has 0 bridgehead atoms. The van der Waals surface area contributed by atoms with Crippen LogP contribution in [-0.4, -0.2) is 29.9 Å². The zero-order valence-electron chi connectivity index (χ0n) is 12.7. The fourth-order valence-electron chi connectivity index (χ4n) is 3.02. The zero-order chi connectivity index (χ0) is 16.2. The van der Waals surface area contributed by atoms with Crippen LogP contribution in [0.3, 0.4) is 0 Å². The number of nitrogens with two attached hydrogens (primary N) is 1. The number of nitrogens with zero attached hydrogens (tertiary/aromatic N) is 1. The molecule has 23 heavy (non-hydrogen) atoms. The Morgan fingerprint density at radius 3 is 2.78 bits per heavy atom. The molecule has 3 rings (SSSR count). The third-order valence-electron chi connectivity index (χ3n) is 4.04. The van der Waals surface area contributed by atoms with Crippen molar-refractivity contribution in [3.63, 3.8) is 0 Å². The van der Waals surface area contributed by atoms with Crippen molar-refractivity contribution in [2.24, 2.45) is 5.73 Å². The van der Waals surface area contributed by atoms with E-state index >= 15 is 0 Å². The summed E-state index contributed by atoms with van der Waals surface area (Å²) in [5.41, 5.74) is 7.38. The van der Waals surface area contributed by atoms with Crippen LogP contribution in [0.25, 0.3) is 0 Å². The van der Waals surface area contributed by atoms with Crippen molar-refractivity contribution in [2.75, 3.05) is 13.1 Å². The fraction of sp³-hybridized carbons (Fsp3) is 0.294. The van der Waals surface area contributed by atoms with Crippen LogP contribution in [-0.2, 0) is 11.2 Å². The molecule has 120 valence electrons. The Morgan fingerprint density at radius 1 is 1.26 bits per heavy atom. The Labute approximate surface area is 139 Å². The first kappa shape index (κ1) is 15.6. The Balaban J connectivity index is 1.84. The molecule has 1 aromatic heterocycles. The summed E-state index contributed by atoms with van der Waals surface area (Å²) in [6.07, 6.45) is 1.14. The molecule has 3 N–H and O–H groups in total. The number of fused-ring (bicyclic) bond motifs is 1. The van der Waals surface area contributed by atoms with E-state index in [2.05, 4.69) is 28.9 Å². The van der Waals surface area contributed by atoms with Gasteiger partial charge in [-0.05, 0) is 29.0 Å². The number of carbonyl (C=O) groups is 2. The van der Waals surface area contributed by atoms with E-state index in [1.165, 1.54) is 10.4 Å². The number of urea groups is 1. The first-order chi connectivity index (χ1) is 11.2. The molecule has 1 atom stereocenters. The number of rotatable bonds is 4. The summed E-state index contributed by atoms with van der Waals surface area (Å²) in [6, 6.07) is 11.5. The smallest absolute Gasteiger partial charge is 0.312 e. The largest absolute Gasteiger partial charge is 0.352 e. The average molecular weight is 329 g/mol. The molecule has 0 saturated carbocycles. The summed E-state index contributed by atoms with van der Waals surface area (Å²) in [5.74, 6) is 0.0319. The molecule has 6 heteroatoms. The molecular formula is C17H19N3O2S. The number of nitrogens with one attached hydrogen (secondary N) is 1. The van der Waals surface area contributed by atoms with Crippen LogP contribution < -0.4 is 11.1 Å². The molecule has 3 amide bonds. The lowest BCUT2D eigenvalue weighted by Gasteiger charge is -2.36. The lowest BCUT2D eigenvalue weighted by molar-refractivity contribution is -0.133. The quantitative estimate of drug-likeness (QED) is 0.903. The van der Waals surface area contributed by atoms with Crippen LogP contribution in [0.5, 0.6) is 0 Å². The van der Waals surface area contributed by atoms with Gasteiger partial charge in [-0.1, -0.05) is 30.3 Å². The number of carbonyl (C=O) groups excluding carboxylic acids is 2. The zero-order valence-corrected chi connectivity index (χ0v) is 13.5. The summed E-state index contributed by atoms with van der Waals surface area (Å²) in [4.78, 5) is 26.6. The van der Waals surface area contributed by atoms with Gasteiger partial charge in [0.25, 0.3) is 0 Å². The van der Waals surface area contributed by atoms with Gasteiger partial charge in [0.05, 0.1) is 6.04 Å². The van der Waals surface area contributed by atoms with Crippen molar-refractivity contribution < 1.29 is 9.59 Å². The Hall–Kier alpha value is -2.34. The Kier molecular flexibility index (Phi) is 4.62. The number of primary amides is 1. The van der Waals surface area contributed by atoms with Gasteiger partial charge in [0, 0.05) is 24.4 Å². The van der Waals surface area contributed by atoms with Crippen LogP contribution in [0.15, 0.2) is 41.8 Å². The molecule has 0 radical (unpaired) electrons. The summed E-state index contributed by atoms with van der Waals surface area (Å²) in [5, 5.41) is 4.56. The number of benzene rings is 1. The molecule has 0 saturated heterocycles. The Morgan fingerprint density at radius 2 is 2.04 bits per heavy atom. The SMILES string of the molecule is NC(=O)NCCC(=O)N1CCc2sccc2[C@@H]1c1ccccc1. The lowest BCUT2D eigenvalue weighted by atomic mass is 9.93. The molecule has 0 aliphatic carbocycles. The third kappa shape index (κ3) is 3.37. The summed E-state index contributed by atoms with van der Waals surface area (Å²) < 4.78 is 0. The average Bonchev–Trinajstić information content (AvgIpc) is 3.02. The van der Waals surface area contributed by atoms with Gasteiger partial charge >= 0.3 is 6.03 Å². The van der Waals surface area contributed by atoms with Gasteiger partial charge in [0.1, 0.15) is 0 Å². The van der Waals surface area contributed by atoms with Crippen molar-refractivity contribution in [3.8, 4) is 0 Å². The Bertz CT molecular complexity index is 699. The second-order valence-corrected chi connectivity index (χ2v) is 6.49. The standard InChI is InChI=1S/C17H19N3O2S/c18-17(22)19-9-6-15(21)20-10-7-14-13(8-11-23-14)16(20)12-4-2-1-3-5-12/h1-5,8,11,16H,6-7,9-10H2,(H3,18,19,22)/t16-/m0/s1. The van der Waals surface area contributed by atoms with Gasteiger partial charge in [-0.3, -0.25) is 4.79 Å². The van der Waals surface area contributed by atoms with E-state index in [9.17, 15) is 9.59 Å². The first-order valence-electron chi connectivity index (χ1n) is 7.61. The van der Waals surface area contributed by atoms with Gasteiger partial charge in [0.15, 0.2) is 0 Å². The summed E-state index contributed by atoms with van der Waals surface area (Å²) >= 11 is 1.75. The minimum atomic E-state index is -0.601. The van der Waals surface area contributed by atoms with Gasteiger partial charge in [-0.15, -0.1) is 11.3 Å². The van der Waals surface area contributed by atoms with E-state index in [-0.39, 0.29) is 24.9 Å².